The number of hydrogen-bond acceptors (Lipinski definition) is 3. The summed E-state index contributed by atoms with van der Waals surface area (Å²) in [4.78, 5) is 18.5. The maximum Gasteiger partial charge on any atom is 0.223 e. The van der Waals surface area contributed by atoms with Crippen LogP contribution in [0.2, 0.25) is 0 Å². The van der Waals surface area contributed by atoms with Crippen LogP contribution in [0.5, 0.6) is 5.75 Å². The van der Waals surface area contributed by atoms with Gasteiger partial charge in [0.15, 0.2) is 0 Å². The summed E-state index contributed by atoms with van der Waals surface area (Å²) in [6.07, 6.45) is 3.49. The molecule has 1 aliphatic heterocycles. The standard InChI is InChI=1S/C25H30N2O3/c1-3-18-6-5-7-21-23(17-26-25(18)21)22(16-24(28)27-12-14-29-15-13-27)19-8-10-20(11-9-19)30-4-2/h5-11,17,22,26H,3-4,12-16H2,1-2H3. The number of hydrogen-bond donors (Lipinski definition) is 1. The van der Waals surface area contributed by atoms with E-state index in [9.17, 15) is 4.79 Å². The molecule has 1 fully saturated rings. The number of carbonyl (C=O) groups is 1. The fraction of sp³-hybridized carbons (Fsp3) is 0.400. The quantitative estimate of drug-likeness (QED) is 0.628. The van der Waals surface area contributed by atoms with Gasteiger partial charge in [0.05, 0.1) is 19.8 Å². The average molecular weight is 407 g/mol. The Kier molecular flexibility index (Phi) is 6.38. The molecule has 0 spiro atoms. The highest BCUT2D eigenvalue weighted by Gasteiger charge is 2.25. The van der Waals surface area contributed by atoms with Crippen LogP contribution < -0.4 is 4.74 Å². The normalized spacial score (nSPS) is 15.3. The smallest absolute Gasteiger partial charge is 0.223 e. The number of benzene rings is 2. The Morgan fingerprint density at radius 2 is 1.90 bits per heavy atom. The maximum atomic E-state index is 13.1. The SMILES string of the molecule is CCOc1ccc(C(CC(=O)N2CCOCC2)c2c[nH]c3c(CC)cccc23)cc1. The Labute approximate surface area is 178 Å². The number of aryl methyl sites for hydroxylation is 1. The van der Waals surface area contributed by atoms with Crippen LogP contribution in [0.1, 0.15) is 42.9 Å². The molecular formula is C25H30N2O3. The molecule has 30 heavy (non-hydrogen) atoms. The van der Waals surface area contributed by atoms with E-state index >= 15 is 0 Å². The van der Waals surface area contributed by atoms with Gasteiger partial charge in [0.25, 0.3) is 0 Å². The first-order chi connectivity index (χ1) is 14.7. The highest BCUT2D eigenvalue weighted by atomic mass is 16.5. The number of para-hydroxylation sites is 1. The third-order valence-electron chi connectivity index (χ3n) is 5.93. The lowest BCUT2D eigenvalue weighted by atomic mass is 9.87. The minimum Gasteiger partial charge on any atom is -0.494 e. The molecule has 1 saturated heterocycles. The number of nitrogens with zero attached hydrogens (tertiary/aromatic N) is 1. The van der Waals surface area contributed by atoms with E-state index in [1.165, 1.54) is 22.0 Å². The molecule has 0 bridgehead atoms. The van der Waals surface area contributed by atoms with Crippen molar-refractivity contribution in [1.29, 1.82) is 0 Å². The molecule has 4 rings (SSSR count). The minimum absolute atomic E-state index is 0.0168. The molecule has 5 nitrogen and oxygen atoms in total. The van der Waals surface area contributed by atoms with Gasteiger partial charge in [0.2, 0.25) is 5.91 Å². The van der Waals surface area contributed by atoms with Gasteiger partial charge in [-0.2, -0.15) is 0 Å². The second kappa shape index (κ2) is 9.35. The molecule has 2 heterocycles. The summed E-state index contributed by atoms with van der Waals surface area (Å²) < 4.78 is 11.0. The molecule has 1 N–H and O–H groups in total. The summed E-state index contributed by atoms with van der Waals surface area (Å²) in [6, 6.07) is 14.6. The van der Waals surface area contributed by atoms with Crippen LogP contribution in [0, 0.1) is 0 Å². The molecule has 1 aromatic heterocycles. The maximum absolute atomic E-state index is 13.1. The predicted molar refractivity (Wildman–Crippen MR) is 119 cm³/mol. The number of ether oxygens (including phenoxy) is 2. The van der Waals surface area contributed by atoms with Crippen LogP contribution >= 0.6 is 0 Å². The molecule has 1 atom stereocenters. The summed E-state index contributed by atoms with van der Waals surface area (Å²) in [7, 11) is 0. The van der Waals surface area contributed by atoms with Crippen molar-refractivity contribution in [3.63, 3.8) is 0 Å². The van der Waals surface area contributed by atoms with Crippen LogP contribution in [0.15, 0.2) is 48.7 Å². The van der Waals surface area contributed by atoms with Crippen molar-refractivity contribution < 1.29 is 14.3 Å². The Morgan fingerprint density at radius 1 is 1.13 bits per heavy atom. The molecule has 3 aromatic rings. The molecule has 0 radical (unpaired) electrons. The highest BCUT2D eigenvalue weighted by Crippen LogP contribution is 2.35. The fourth-order valence-electron chi connectivity index (χ4n) is 4.31. The molecule has 5 heteroatoms. The van der Waals surface area contributed by atoms with Crippen LogP contribution in [-0.2, 0) is 16.0 Å². The van der Waals surface area contributed by atoms with E-state index < -0.39 is 0 Å². The number of H-pyrrole nitrogens is 1. The zero-order valence-corrected chi connectivity index (χ0v) is 17.8. The van der Waals surface area contributed by atoms with Gasteiger partial charge in [-0.25, -0.2) is 0 Å². The van der Waals surface area contributed by atoms with Gasteiger partial charge >= 0.3 is 0 Å². The summed E-state index contributed by atoms with van der Waals surface area (Å²) in [5, 5.41) is 1.20. The first-order valence-corrected chi connectivity index (χ1v) is 10.9. The van der Waals surface area contributed by atoms with E-state index in [1.807, 2.05) is 24.0 Å². The Bertz CT molecular complexity index is 987. The number of carbonyl (C=O) groups excluding carboxylic acids is 1. The molecule has 1 amide bonds. The molecule has 0 saturated carbocycles. The van der Waals surface area contributed by atoms with Crippen molar-refractivity contribution >= 4 is 16.8 Å². The Morgan fingerprint density at radius 3 is 2.60 bits per heavy atom. The summed E-state index contributed by atoms with van der Waals surface area (Å²) in [5.74, 6) is 1.02. The first-order valence-electron chi connectivity index (χ1n) is 10.9. The van der Waals surface area contributed by atoms with Gasteiger partial charge in [-0.05, 0) is 42.2 Å². The number of aromatic amines is 1. The third-order valence-corrected chi connectivity index (χ3v) is 5.93. The second-order valence-corrected chi connectivity index (χ2v) is 7.69. The van der Waals surface area contributed by atoms with E-state index in [-0.39, 0.29) is 11.8 Å². The number of morpholine rings is 1. The van der Waals surface area contributed by atoms with Gasteiger partial charge in [0.1, 0.15) is 5.75 Å². The minimum atomic E-state index is -0.0168. The van der Waals surface area contributed by atoms with Gasteiger partial charge < -0.3 is 19.4 Å². The van der Waals surface area contributed by atoms with E-state index in [0.29, 0.717) is 39.3 Å². The van der Waals surface area contributed by atoms with Crippen molar-refractivity contribution in [2.75, 3.05) is 32.9 Å². The van der Waals surface area contributed by atoms with Crippen molar-refractivity contribution in [1.82, 2.24) is 9.88 Å². The highest BCUT2D eigenvalue weighted by molar-refractivity contribution is 5.88. The zero-order chi connectivity index (χ0) is 20.9. The zero-order valence-electron chi connectivity index (χ0n) is 17.8. The topological polar surface area (TPSA) is 54.6 Å². The van der Waals surface area contributed by atoms with E-state index in [2.05, 4.69) is 48.4 Å². The fourth-order valence-corrected chi connectivity index (χ4v) is 4.31. The van der Waals surface area contributed by atoms with Crippen LogP contribution in [0.4, 0.5) is 0 Å². The first kappa shape index (κ1) is 20.5. The lowest BCUT2D eigenvalue weighted by molar-refractivity contribution is -0.135. The van der Waals surface area contributed by atoms with E-state index in [0.717, 1.165) is 17.7 Å². The summed E-state index contributed by atoms with van der Waals surface area (Å²) in [5.41, 5.74) is 4.77. The van der Waals surface area contributed by atoms with Gasteiger partial charge in [-0.3, -0.25) is 4.79 Å². The van der Waals surface area contributed by atoms with Gasteiger partial charge in [-0.15, -0.1) is 0 Å². The lowest BCUT2D eigenvalue weighted by Gasteiger charge is -2.28. The predicted octanol–water partition coefficient (Wildman–Crippen LogP) is 4.51. The summed E-state index contributed by atoms with van der Waals surface area (Å²) >= 11 is 0. The van der Waals surface area contributed by atoms with Crippen molar-refractivity contribution in [2.45, 2.75) is 32.6 Å². The van der Waals surface area contributed by atoms with E-state index in [1.54, 1.807) is 0 Å². The van der Waals surface area contributed by atoms with Crippen LogP contribution in [0.3, 0.4) is 0 Å². The number of amides is 1. The monoisotopic (exact) mass is 406 g/mol. The molecule has 1 aliphatic rings. The number of aromatic nitrogens is 1. The average Bonchev–Trinajstić information content (AvgIpc) is 3.23. The number of nitrogens with one attached hydrogen (secondary N) is 1. The van der Waals surface area contributed by atoms with Crippen LogP contribution in [0.25, 0.3) is 10.9 Å². The molecule has 0 aliphatic carbocycles. The Balaban J connectivity index is 1.70. The van der Waals surface area contributed by atoms with Gasteiger partial charge in [0, 0.05) is 42.5 Å². The van der Waals surface area contributed by atoms with Crippen LogP contribution in [-0.4, -0.2) is 48.7 Å². The van der Waals surface area contributed by atoms with E-state index in [4.69, 9.17) is 9.47 Å². The van der Waals surface area contributed by atoms with Crippen molar-refractivity contribution in [3.8, 4) is 5.75 Å². The Hall–Kier alpha value is -2.79. The number of rotatable bonds is 7. The number of fused-ring (bicyclic) bond motifs is 1. The van der Waals surface area contributed by atoms with Crippen molar-refractivity contribution in [3.05, 3.63) is 65.4 Å². The molecular weight excluding hydrogens is 376 g/mol. The van der Waals surface area contributed by atoms with Crippen molar-refractivity contribution in [2.24, 2.45) is 0 Å². The molecule has 1 unspecified atom stereocenters. The molecule has 158 valence electrons. The lowest BCUT2D eigenvalue weighted by Crippen LogP contribution is -2.41. The molecule has 2 aromatic carbocycles. The second-order valence-electron chi connectivity index (χ2n) is 7.69. The van der Waals surface area contributed by atoms with Gasteiger partial charge in [-0.1, -0.05) is 37.3 Å². The largest absolute Gasteiger partial charge is 0.494 e. The third kappa shape index (κ3) is 4.21. The summed E-state index contributed by atoms with van der Waals surface area (Å²) in [6.45, 7) is 7.36.